The zero-order chi connectivity index (χ0) is 25.8. The summed E-state index contributed by atoms with van der Waals surface area (Å²) in [5.41, 5.74) is 2.91. The lowest BCUT2D eigenvalue weighted by atomic mass is 9.98. The summed E-state index contributed by atoms with van der Waals surface area (Å²) in [6.07, 6.45) is 0. The number of fused-ring (bicyclic) bond motifs is 6. The fraction of sp³-hybridized carbons (Fsp3) is 0. The molecule has 4 heteroatoms. The Morgan fingerprint density at radius 1 is 0.359 bits per heavy atom. The molecule has 0 saturated heterocycles. The Morgan fingerprint density at radius 2 is 0.949 bits per heavy atom. The molecule has 0 aliphatic carbocycles. The Bertz CT molecular complexity index is 2110. The van der Waals surface area contributed by atoms with Gasteiger partial charge in [-0.25, -0.2) is 15.0 Å². The topological polar surface area (TPSA) is 38.7 Å². The highest BCUT2D eigenvalue weighted by atomic mass is 32.1. The minimum absolute atomic E-state index is 0.670. The van der Waals surface area contributed by atoms with E-state index in [-0.39, 0.29) is 0 Å². The predicted molar refractivity (Wildman–Crippen MR) is 164 cm³/mol. The molecular formula is C35H21N3S. The highest BCUT2D eigenvalue weighted by molar-refractivity contribution is 7.25. The molecule has 0 fully saturated rings. The first-order valence-electron chi connectivity index (χ1n) is 13.0. The first-order valence-corrected chi connectivity index (χ1v) is 13.8. The summed E-state index contributed by atoms with van der Waals surface area (Å²) in [5.74, 6) is 2.01. The zero-order valence-electron chi connectivity index (χ0n) is 20.9. The van der Waals surface area contributed by atoms with E-state index in [0.29, 0.717) is 17.5 Å². The molecule has 182 valence electrons. The second-order valence-corrected chi connectivity index (χ2v) is 10.8. The van der Waals surface area contributed by atoms with Crippen molar-refractivity contribution in [2.45, 2.75) is 0 Å². The van der Waals surface area contributed by atoms with Crippen molar-refractivity contribution < 1.29 is 0 Å². The maximum absolute atomic E-state index is 4.92. The molecule has 0 atom stereocenters. The summed E-state index contributed by atoms with van der Waals surface area (Å²) in [6.45, 7) is 0. The van der Waals surface area contributed by atoms with E-state index in [4.69, 9.17) is 15.0 Å². The van der Waals surface area contributed by atoms with Gasteiger partial charge < -0.3 is 0 Å². The highest BCUT2D eigenvalue weighted by Crippen LogP contribution is 2.38. The molecule has 0 aliphatic heterocycles. The standard InChI is InChI=1S/C35H21N3S/c1-3-9-22(10-4-1)33-36-34(23-11-5-2-6-12-23)38-35(37-33)26-17-18-27-24(19-26)15-16-25-20-32-30(21-29(25)27)28-13-7-8-14-31(28)39-32/h1-21H. The van der Waals surface area contributed by atoms with Crippen LogP contribution >= 0.6 is 11.3 Å². The van der Waals surface area contributed by atoms with Gasteiger partial charge in [-0.2, -0.15) is 0 Å². The van der Waals surface area contributed by atoms with E-state index in [1.807, 2.05) is 72.0 Å². The van der Waals surface area contributed by atoms with Gasteiger partial charge in [0.05, 0.1) is 0 Å². The maximum Gasteiger partial charge on any atom is 0.164 e. The van der Waals surface area contributed by atoms with Crippen LogP contribution < -0.4 is 0 Å². The third-order valence-corrected chi connectivity index (χ3v) is 8.42. The number of hydrogen-bond acceptors (Lipinski definition) is 4. The van der Waals surface area contributed by atoms with E-state index in [0.717, 1.165) is 16.7 Å². The summed E-state index contributed by atoms with van der Waals surface area (Å²) >= 11 is 1.86. The molecule has 39 heavy (non-hydrogen) atoms. The van der Waals surface area contributed by atoms with Gasteiger partial charge in [-0.3, -0.25) is 0 Å². The fourth-order valence-electron chi connectivity index (χ4n) is 5.36. The van der Waals surface area contributed by atoms with Crippen molar-refractivity contribution in [3.8, 4) is 34.2 Å². The summed E-state index contributed by atoms with van der Waals surface area (Å²) in [4.78, 5) is 14.7. The van der Waals surface area contributed by atoms with Gasteiger partial charge in [0.15, 0.2) is 17.5 Å². The molecule has 8 aromatic rings. The molecular weight excluding hydrogens is 494 g/mol. The van der Waals surface area contributed by atoms with Crippen LogP contribution in [-0.2, 0) is 0 Å². The van der Waals surface area contributed by atoms with Crippen LogP contribution in [-0.4, -0.2) is 15.0 Å². The van der Waals surface area contributed by atoms with Crippen LogP contribution in [0.2, 0.25) is 0 Å². The van der Waals surface area contributed by atoms with E-state index < -0.39 is 0 Å². The van der Waals surface area contributed by atoms with Gasteiger partial charge in [-0.1, -0.05) is 103 Å². The number of nitrogens with zero attached hydrogens (tertiary/aromatic N) is 3. The average Bonchev–Trinajstić information content (AvgIpc) is 3.38. The molecule has 2 heterocycles. The second kappa shape index (κ2) is 8.83. The third kappa shape index (κ3) is 3.77. The lowest BCUT2D eigenvalue weighted by molar-refractivity contribution is 1.07. The Morgan fingerprint density at radius 3 is 1.64 bits per heavy atom. The average molecular weight is 516 g/mol. The van der Waals surface area contributed by atoms with Crippen molar-refractivity contribution in [2.75, 3.05) is 0 Å². The number of hydrogen-bond donors (Lipinski definition) is 0. The van der Waals surface area contributed by atoms with Crippen molar-refractivity contribution in [3.05, 3.63) is 127 Å². The van der Waals surface area contributed by atoms with E-state index in [1.165, 1.54) is 41.7 Å². The van der Waals surface area contributed by atoms with E-state index in [2.05, 4.69) is 66.7 Å². The molecule has 0 amide bonds. The first kappa shape index (κ1) is 22.1. The van der Waals surface area contributed by atoms with Gasteiger partial charge in [0.1, 0.15) is 0 Å². The summed E-state index contributed by atoms with van der Waals surface area (Å²) in [7, 11) is 0. The summed E-state index contributed by atoms with van der Waals surface area (Å²) < 4.78 is 2.65. The van der Waals surface area contributed by atoms with Crippen LogP contribution in [0.25, 0.3) is 75.9 Å². The minimum atomic E-state index is 0.670. The SMILES string of the molecule is c1ccc(-c2nc(-c3ccccc3)nc(-c3ccc4c(ccc5cc6sc7ccccc7c6cc54)c3)n2)cc1. The van der Waals surface area contributed by atoms with E-state index in [9.17, 15) is 0 Å². The normalized spacial score (nSPS) is 11.6. The largest absolute Gasteiger partial charge is 0.208 e. The maximum atomic E-state index is 4.92. The zero-order valence-corrected chi connectivity index (χ0v) is 21.7. The molecule has 0 radical (unpaired) electrons. The van der Waals surface area contributed by atoms with Crippen molar-refractivity contribution in [3.63, 3.8) is 0 Å². The molecule has 6 aromatic carbocycles. The predicted octanol–water partition coefficient (Wildman–Crippen LogP) is 9.55. The molecule has 8 rings (SSSR count). The summed E-state index contributed by atoms with van der Waals surface area (Å²) in [5, 5.41) is 7.56. The Kier molecular flexibility index (Phi) is 5.00. The highest BCUT2D eigenvalue weighted by Gasteiger charge is 2.14. The quantitative estimate of drug-likeness (QED) is 0.220. The molecule has 0 bridgehead atoms. The Hall–Kier alpha value is -4.93. The molecule has 0 aliphatic rings. The van der Waals surface area contributed by atoms with Crippen molar-refractivity contribution in [1.82, 2.24) is 15.0 Å². The lowest BCUT2D eigenvalue weighted by Gasteiger charge is -2.10. The van der Waals surface area contributed by atoms with Crippen LogP contribution in [0.4, 0.5) is 0 Å². The van der Waals surface area contributed by atoms with Gasteiger partial charge in [0.2, 0.25) is 0 Å². The van der Waals surface area contributed by atoms with E-state index in [1.54, 1.807) is 0 Å². The van der Waals surface area contributed by atoms with Gasteiger partial charge in [-0.15, -0.1) is 11.3 Å². The Balaban J connectivity index is 1.32. The third-order valence-electron chi connectivity index (χ3n) is 7.29. The van der Waals surface area contributed by atoms with Crippen LogP contribution in [0.1, 0.15) is 0 Å². The second-order valence-electron chi connectivity index (χ2n) is 9.71. The number of benzene rings is 6. The monoisotopic (exact) mass is 515 g/mol. The molecule has 0 N–H and O–H groups in total. The number of rotatable bonds is 3. The van der Waals surface area contributed by atoms with Crippen molar-refractivity contribution in [2.24, 2.45) is 0 Å². The minimum Gasteiger partial charge on any atom is -0.208 e. The molecule has 0 unspecified atom stereocenters. The fourth-order valence-corrected chi connectivity index (χ4v) is 6.50. The number of thiophene rings is 1. The lowest BCUT2D eigenvalue weighted by Crippen LogP contribution is -2.00. The van der Waals surface area contributed by atoms with Crippen LogP contribution in [0.15, 0.2) is 127 Å². The van der Waals surface area contributed by atoms with Gasteiger partial charge >= 0.3 is 0 Å². The van der Waals surface area contributed by atoms with Crippen molar-refractivity contribution >= 4 is 53.1 Å². The first-order chi connectivity index (χ1) is 19.3. The number of aromatic nitrogens is 3. The molecule has 3 nitrogen and oxygen atoms in total. The Labute approximate surface area is 229 Å². The van der Waals surface area contributed by atoms with Gasteiger partial charge in [-0.05, 0) is 45.8 Å². The molecule has 0 saturated carbocycles. The van der Waals surface area contributed by atoms with E-state index >= 15 is 0 Å². The summed E-state index contributed by atoms with van der Waals surface area (Å²) in [6, 6.07) is 44.5. The molecule has 0 spiro atoms. The van der Waals surface area contributed by atoms with Gasteiger partial charge in [0, 0.05) is 36.9 Å². The van der Waals surface area contributed by atoms with Crippen LogP contribution in [0, 0.1) is 0 Å². The van der Waals surface area contributed by atoms with Gasteiger partial charge in [0.25, 0.3) is 0 Å². The van der Waals surface area contributed by atoms with Crippen LogP contribution in [0.3, 0.4) is 0 Å². The molecule has 2 aromatic heterocycles. The van der Waals surface area contributed by atoms with Crippen molar-refractivity contribution in [1.29, 1.82) is 0 Å². The smallest absolute Gasteiger partial charge is 0.164 e. The van der Waals surface area contributed by atoms with Crippen LogP contribution in [0.5, 0.6) is 0 Å².